The number of anilines is 1. The first-order valence-electron chi connectivity index (χ1n) is 9.00. The van der Waals surface area contributed by atoms with Crippen LogP contribution in [0.4, 0.5) is 5.69 Å². The maximum atomic E-state index is 12.6. The summed E-state index contributed by atoms with van der Waals surface area (Å²) in [6.45, 7) is 2.04. The van der Waals surface area contributed by atoms with Gasteiger partial charge in [0.2, 0.25) is 0 Å². The molecule has 1 amide bonds. The molecule has 138 valence electrons. The number of carbonyl (C=O) groups is 1. The van der Waals surface area contributed by atoms with Crippen molar-refractivity contribution in [2.45, 2.75) is 50.0 Å². The first-order chi connectivity index (χ1) is 12.5. The Bertz CT molecular complexity index is 870. The van der Waals surface area contributed by atoms with Crippen molar-refractivity contribution in [3.05, 3.63) is 59.7 Å². The van der Waals surface area contributed by atoms with Crippen molar-refractivity contribution in [3.63, 3.8) is 0 Å². The topological polar surface area (TPSA) is 75.3 Å². The zero-order valence-corrected chi connectivity index (χ0v) is 15.7. The molecule has 0 bridgehead atoms. The van der Waals surface area contributed by atoms with Crippen LogP contribution in [0, 0.1) is 0 Å². The molecule has 2 aromatic rings. The average molecular weight is 372 g/mol. The molecule has 2 aromatic carbocycles. The van der Waals surface area contributed by atoms with Gasteiger partial charge in [0.25, 0.3) is 15.9 Å². The minimum absolute atomic E-state index is 0.0798. The Kier molecular flexibility index (Phi) is 5.61. The summed E-state index contributed by atoms with van der Waals surface area (Å²) in [5.41, 5.74) is 2.00. The van der Waals surface area contributed by atoms with Crippen LogP contribution in [-0.2, 0) is 16.4 Å². The second-order valence-corrected chi connectivity index (χ2v) is 8.32. The molecule has 0 atom stereocenters. The number of hydrogen-bond donors (Lipinski definition) is 2. The Morgan fingerprint density at radius 3 is 2.42 bits per heavy atom. The smallest absolute Gasteiger partial charge is 0.261 e. The van der Waals surface area contributed by atoms with Gasteiger partial charge in [0, 0.05) is 17.3 Å². The highest BCUT2D eigenvalue weighted by Gasteiger charge is 2.20. The molecule has 0 saturated heterocycles. The van der Waals surface area contributed by atoms with Crippen molar-refractivity contribution in [1.82, 2.24) is 5.32 Å². The quantitative estimate of drug-likeness (QED) is 0.811. The predicted molar refractivity (Wildman–Crippen MR) is 103 cm³/mol. The lowest BCUT2D eigenvalue weighted by atomic mass is 10.2. The minimum Gasteiger partial charge on any atom is -0.349 e. The fourth-order valence-electron chi connectivity index (χ4n) is 3.17. The molecule has 1 aliphatic carbocycles. The molecule has 0 aliphatic heterocycles. The molecule has 1 aliphatic rings. The van der Waals surface area contributed by atoms with Crippen LogP contribution in [0.2, 0.25) is 0 Å². The van der Waals surface area contributed by atoms with E-state index in [-0.39, 0.29) is 16.8 Å². The summed E-state index contributed by atoms with van der Waals surface area (Å²) < 4.78 is 27.8. The highest BCUT2D eigenvalue weighted by molar-refractivity contribution is 7.92. The number of nitrogens with one attached hydrogen (secondary N) is 2. The predicted octanol–water partition coefficient (Wildman–Crippen LogP) is 3.72. The summed E-state index contributed by atoms with van der Waals surface area (Å²) >= 11 is 0. The first-order valence-corrected chi connectivity index (χ1v) is 10.5. The number of amides is 1. The lowest BCUT2D eigenvalue weighted by Crippen LogP contribution is -2.32. The first kappa shape index (κ1) is 18.5. The maximum Gasteiger partial charge on any atom is 0.261 e. The molecule has 6 heteroatoms. The number of hydrogen-bond acceptors (Lipinski definition) is 3. The normalized spacial score (nSPS) is 15.0. The van der Waals surface area contributed by atoms with E-state index in [0.29, 0.717) is 11.3 Å². The molecule has 0 aromatic heterocycles. The third kappa shape index (κ3) is 4.43. The highest BCUT2D eigenvalue weighted by Crippen LogP contribution is 2.20. The van der Waals surface area contributed by atoms with Crippen molar-refractivity contribution in [1.29, 1.82) is 0 Å². The number of benzene rings is 2. The van der Waals surface area contributed by atoms with Crippen molar-refractivity contribution >= 4 is 21.6 Å². The number of aryl methyl sites for hydroxylation is 1. The van der Waals surface area contributed by atoms with Crippen LogP contribution in [0.5, 0.6) is 0 Å². The Labute approximate surface area is 154 Å². The summed E-state index contributed by atoms with van der Waals surface area (Å²) in [6, 6.07) is 13.6. The Balaban J connectivity index is 1.75. The van der Waals surface area contributed by atoms with Crippen LogP contribution in [-0.4, -0.2) is 20.4 Å². The average Bonchev–Trinajstić information content (AvgIpc) is 3.15. The van der Waals surface area contributed by atoms with Gasteiger partial charge in [-0.05, 0) is 55.2 Å². The molecule has 1 fully saturated rings. The lowest BCUT2D eigenvalue weighted by molar-refractivity contribution is 0.0937. The molecule has 0 spiro atoms. The fourth-order valence-corrected chi connectivity index (χ4v) is 4.27. The largest absolute Gasteiger partial charge is 0.349 e. The van der Waals surface area contributed by atoms with Gasteiger partial charge in [-0.1, -0.05) is 38.0 Å². The summed E-state index contributed by atoms with van der Waals surface area (Å²) in [7, 11) is -3.75. The fraction of sp³-hybridized carbons (Fsp3) is 0.350. The summed E-state index contributed by atoms with van der Waals surface area (Å²) in [6.07, 6.45) is 5.11. The summed E-state index contributed by atoms with van der Waals surface area (Å²) in [4.78, 5) is 12.5. The zero-order chi connectivity index (χ0) is 18.6. The van der Waals surface area contributed by atoms with E-state index in [9.17, 15) is 13.2 Å². The van der Waals surface area contributed by atoms with Gasteiger partial charge in [-0.2, -0.15) is 0 Å². The second-order valence-electron chi connectivity index (χ2n) is 6.64. The van der Waals surface area contributed by atoms with Gasteiger partial charge >= 0.3 is 0 Å². The molecular formula is C20H24N2O3S. The van der Waals surface area contributed by atoms with Crippen molar-refractivity contribution in [2.24, 2.45) is 0 Å². The van der Waals surface area contributed by atoms with E-state index in [0.717, 1.165) is 37.7 Å². The van der Waals surface area contributed by atoms with Crippen LogP contribution in [0.15, 0.2) is 53.4 Å². The van der Waals surface area contributed by atoms with Crippen molar-refractivity contribution < 1.29 is 13.2 Å². The standard InChI is InChI=1S/C20H24N2O3S/c1-2-15-10-12-18(13-11-15)22-26(24,25)19-9-5-6-16(14-19)20(23)21-17-7-3-4-8-17/h5-6,9-14,17,22H,2-4,7-8H2,1H3,(H,21,23). The van der Waals surface area contributed by atoms with Crippen LogP contribution in [0.1, 0.15) is 48.5 Å². The van der Waals surface area contributed by atoms with Gasteiger partial charge in [0.05, 0.1) is 4.90 Å². The van der Waals surface area contributed by atoms with Gasteiger partial charge in [0.15, 0.2) is 0 Å². The van der Waals surface area contributed by atoms with Gasteiger partial charge < -0.3 is 5.32 Å². The molecule has 5 nitrogen and oxygen atoms in total. The second kappa shape index (κ2) is 7.91. The van der Waals surface area contributed by atoms with E-state index < -0.39 is 10.0 Å². The van der Waals surface area contributed by atoms with E-state index in [4.69, 9.17) is 0 Å². The third-order valence-corrected chi connectivity index (χ3v) is 6.09. The van der Waals surface area contributed by atoms with Gasteiger partial charge in [-0.25, -0.2) is 8.42 Å². The Morgan fingerprint density at radius 2 is 1.77 bits per heavy atom. The van der Waals surface area contributed by atoms with Gasteiger partial charge in [-0.15, -0.1) is 0 Å². The van der Waals surface area contributed by atoms with E-state index >= 15 is 0 Å². The highest BCUT2D eigenvalue weighted by atomic mass is 32.2. The number of sulfonamides is 1. The molecular weight excluding hydrogens is 348 g/mol. The van der Waals surface area contributed by atoms with Gasteiger partial charge in [0.1, 0.15) is 0 Å². The third-order valence-electron chi connectivity index (χ3n) is 4.71. The van der Waals surface area contributed by atoms with Crippen LogP contribution in [0.25, 0.3) is 0 Å². The van der Waals surface area contributed by atoms with E-state index in [2.05, 4.69) is 10.0 Å². The molecule has 0 unspecified atom stereocenters. The van der Waals surface area contributed by atoms with E-state index in [1.165, 1.54) is 12.1 Å². The maximum absolute atomic E-state index is 12.6. The van der Waals surface area contributed by atoms with Crippen LogP contribution < -0.4 is 10.0 Å². The van der Waals surface area contributed by atoms with Crippen LogP contribution >= 0.6 is 0 Å². The van der Waals surface area contributed by atoms with E-state index in [1.807, 2.05) is 19.1 Å². The molecule has 3 rings (SSSR count). The summed E-state index contributed by atoms with van der Waals surface area (Å²) in [5.74, 6) is -0.221. The monoisotopic (exact) mass is 372 g/mol. The number of carbonyl (C=O) groups excluding carboxylic acids is 1. The molecule has 2 N–H and O–H groups in total. The molecule has 26 heavy (non-hydrogen) atoms. The van der Waals surface area contributed by atoms with Crippen molar-refractivity contribution in [2.75, 3.05) is 4.72 Å². The molecule has 0 heterocycles. The molecule has 0 radical (unpaired) electrons. The SMILES string of the molecule is CCc1ccc(NS(=O)(=O)c2cccc(C(=O)NC3CCCC3)c2)cc1. The zero-order valence-electron chi connectivity index (χ0n) is 14.9. The Hall–Kier alpha value is -2.34. The van der Waals surface area contributed by atoms with Crippen molar-refractivity contribution in [3.8, 4) is 0 Å². The summed E-state index contributed by atoms with van der Waals surface area (Å²) in [5, 5.41) is 2.98. The lowest BCUT2D eigenvalue weighted by Gasteiger charge is -2.13. The Morgan fingerprint density at radius 1 is 1.08 bits per heavy atom. The minimum atomic E-state index is -3.75. The molecule has 1 saturated carbocycles. The van der Waals surface area contributed by atoms with E-state index in [1.54, 1.807) is 24.3 Å². The van der Waals surface area contributed by atoms with Crippen LogP contribution in [0.3, 0.4) is 0 Å². The van der Waals surface area contributed by atoms with Gasteiger partial charge in [-0.3, -0.25) is 9.52 Å². The number of rotatable bonds is 6.